The van der Waals surface area contributed by atoms with Crippen molar-refractivity contribution < 1.29 is 5.11 Å². The van der Waals surface area contributed by atoms with E-state index in [0.717, 1.165) is 37.4 Å². The molecule has 2 unspecified atom stereocenters. The van der Waals surface area contributed by atoms with Crippen LogP contribution in [-0.2, 0) is 0 Å². The van der Waals surface area contributed by atoms with E-state index in [2.05, 4.69) is 41.1 Å². The summed E-state index contributed by atoms with van der Waals surface area (Å²) in [5.74, 6) is 0.412. The van der Waals surface area contributed by atoms with Crippen LogP contribution in [-0.4, -0.2) is 48.8 Å². The standard InChI is InChI=1S/C17H27N3O/c1-3-18-13(2)16-7-6-14(11-17(16)21)20-10-9-19-8-4-5-15(19)12-20/h6-7,11,13,15,18,21H,3-5,8-10,12H2,1-2H3. The van der Waals surface area contributed by atoms with E-state index in [4.69, 9.17) is 0 Å². The summed E-state index contributed by atoms with van der Waals surface area (Å²) in [6, 6.07) is 7.07. The molecule has 4 heteroatoms. The van der Waals surface area contributed by atoms with Gasteiger partial charge in [-0.25, -0.2) is 0 Å². The molecule has 2 aliphatic rings. The van der Waals surface area contributed by atoms with E-state index in [-0.39, 0.29) is 6.04 Å². The molecule has 1 aromatic carbocycles. The van der Waals surface area contributed by atoms with Crippen molar-refractivity contribution in [3.8, 4) is 5.75 Å². The van der Waals surface area contributed by atoms with E-state index in [1.54, 1.807) is 0 Å². The first-order valence-corrected chi connectivity index (χ1v) is 8.24. The van der Waals surface area contributed by atoms with E-state index in [9.17, 15) is 5.11 Å². The molecular formula is C17H27N3O. The summed E-state index contributed by atoms with van der Waals surface area (Å²) >= 11 is 0. The van der Waals surface area contributed by atoms with Crippen LogP contribution >= 0.6 is 0 Å². The number of nitrogens with zero attached hydrogens (tertiary/aromatic N) is 2. The van der Waals surface area contributed by atoms with Crippen molar-refractivity contribution in [3.63, 3.8) is 0 Å². The zero-order valence-corrected chi connectivity index (χ0v) is 13.2. The summed E-state index contributed by atoms with van der Waals surface area (Å²) in [5.41, 5.74) is 2.15. The minimum atomic E-state index is 0.190. The van der Waals surface area contributed by atoms with Gasteiger partial charge < -0.3 is 15.3 Å². The summed E-state index contributed by atoms with van der Waals surface area (Å²) in [6.45, 7) is 9.67. The second-order valence-electron chi connectivity index (χ2n) is 6.30. The van der Waals surface area contributed by atoms with Gasteiger partial charge in [0.15, 0.2) is 0 Å². The van der Waals surface area contributed by atoms with Gasteiger partial charge in [0.05, 0.1) is 0 Å². The number of anilines is 1. The molecule has 2 N–H and O–H groups in total. The van der Waals surface area contributed by atoms with Gasteiger partial charge in [-0.3, -0.25) is 4.90 Å². The summed E-state index contributed by atoms with van der Waals surface area (Å²) in [5, 5.41) is 13.7. The average molecular weight is 289 g/mol. The average Bonchev–Trinajstić information content (AvgIpc) is 2.94. The molecule has 2 heterocycles. The van der Waals surface area contributed by atoms with Crippen LogP contribution in [0.3, 0.4) is 0 Å². The molecule has 2 fully saturated rings. The molecular weight excluding hydrogens is 262 g/mol. The minimum Gasteiger partial charge on any atom is -0.508 e. The van der Waals surface area contributed by atoms with Crippen LogP contribution in [0.4, 0.5) is 5.69 Å². The molecule has 0 amide bonds. The Morgan fingerprint density at radius 2 is 2.19 bits per heavy atom. The molecule has 2 atom stereocenters. The third kappa shape index (κ3) is 3.01. The summed E-state index contributed by atoms with van der Waals surface area (Å²) in [7, 11) is 0. The number of nitrogens with one attached hydrogen (secondary N) is 1. The van der Waals surface area contributed by atoms with Gasteiger partial charge in [0.1, 0.15) is 5.75 Å². The number of benzene rings is 1. The normalized spacial score (nSPS) is 24.1. The van der Waals surface area contributed by atoms with Crippen LogP contribution in [0.1, 0.15) is 38.3 Å². The number of rotatable bonds is 4. The van der Waals surface area contributed by atoms with Crippen molar-refractivity contribution in [3.05, 3.63) is 23.8 Å². The molecule has 1 aromatic rings. The Morgan fingerprint density at radius 1 is 1.33 bits per heavy atom. The zero-order valence-electron chi connectivity index (χ0n) is 13.2. The van der Waals surface area contributed by atoms with E-state index in [1.807, 2.05) is 6.07 Å². The molecule has 0 aliphatic carbocycles. The largest absolute Gasteiger partial charge is 0.508 e. The fraction of sp³-hybridized carbons (Fsp3) is 0.647. The Kier molecular flexibility index (Phi) is 4.36. The fourth-order valence-electron chi connectivity index (χ4n) is 3.74. The van der Waals surface area contributed by atoms with Crippen LogP contribution in [0.5, 0.6) is 5.75 Å². The molecule has 0 radical (unpaired) electrons. The van der Waals surface area contributed by atoms with Gasteiger partial charge in [0.2, 0.25) is 0 Å². The van der Waals surface area contributed by atoms with Crippen molar-refractivity contribution in [1.29, 1.82) is 0 Å². The number of fused-ring (bicyclic) bond motifs is 1. The molecule has 21 heavy (non-hydrogen) atoms. The van der Waals surface area contributed by atoms with Crippen molar-refractivity contribution >= 4 is 5.69 Å². The molecule has 0 spiro atoms. The maximum Gasteiger partial charge on any atom is 0.122 e. The first-order chi connectivity index (χ1) is 10.2. The highest BCUT2D eigenvalue weighted by Crippen LogP contribution is 2.31. The van der Waals surface area contributed by atoms with E-state index < -0.39 is 0 Å². The second kappa shape index (κ2) is 6.24. The maximum absolute atomic E-state index is 10.3. The van der Waals surface area contributed by atoms with Crippen LogP contribution < -0.4 is 10.2 Å². The number of phenolic OH excluding ortho intramolecular Hbond substituents is 1. The highest BCUT2D eigenvalue weighted by atomic mass is 16.3. The Bertz CT molecular complexity index is 491. The van der Waals surface area contributed by atoms with Gasteiger partial charge >= 0.3 is 0 Å². The van der Waals surface area contributed by atoms with Crippen LogP contribution in [0.25, 0.3) is 0 Å². The quantitative estimate of drug-likeness (QED) is 0.892. The summed E-state index contributed by atoms with van der Waals surface area (Å²) in [6.07, 6.45) is 2.65. The lowest BCUT2D eigenvalue weighted by atomic mass is 10.1. The van der Waals surface area contributed by atoms with Gasteiger partial charge in [-0.05, 0) is 38.9 Å². The third-order valence-electron chi connectivity index (χ3n) is 4.94. The van der Waals surface area contributed by atoms with Crippen molar-refractivity contribution in [2.75, 3.05) is 37.6 Å². The number of hydrogen-bond acceptors (Lipinski definition) is 4. The van der Waals surface area contributed by atoms with Gasteiger partial charge in [-0.2, -0.15) is 0 Å². The van der Waals surface area contributed by atoms with E-state index in [1.165, 1.54) is 19.4 Å². The monoisotopic (exact) mass is 289 g/mol. The molecule has 0 aromatic heterocycles. The number of phenols is 1. The zero-order chi connectivity index (χ0) is 14.8. The molecule has 4 nitrogen and oxygen atoms in total. The van der Waals surface area contributed by atoms with Gasteiger partial charge in [0, 0.05) is 49.0 Å². The first kappa shape index (κ1) is 14.7. The lowest BCUT2D eigenvalue weighted by Crippen LogP contribution is -2.50. The van der Waals surface area contributed by atoms with Crippen molar-refractivity contribution in [2.45, 2.75) is 38.8 Å². The minimum absolute atomic E-state index is 0.190. The topological polar surface area (TPSA) is 38.7 Å². The lowest BCUT2D eigenvalue weighted by molar-refractivity contribution is 0.231. The van der Waals surface area contributed by atoms with Crippen molar-refractivity contribution in [1.82, 2.24) is 10.2 Å². The lowest BCUT2D eigenvalue weighted by Gasteiger charge is -2.39. The number of hydrogen-bond donors (Lipinski definition) is 2. The Morgan fingerprint density at radius 3 is 2.95 bits per heavy atom. The van der Waals surface area contributed by atoms with Crippen LogP contribution in [0.15, 0.2) is 18.2 Å². The number of aromatic hydroxyl groups is 1. The molecule has 2 aliphatic heterocycles. The molecule has 3 rings (SSSR count). The first-order valence-electron chi connectivity index (χ1n) is 8.24. The molecule has 0 saturated carbocycles. The molecule has 2 saturated heterocycles. The van der Waals surface area contributed by atoms with Crippen LogP contribution in [0, 0.1) is 0 Å². The van der Waals surface area contributed by atoms with E-state index >= 15 is 0 Å². The Labute approximate surface area is 127 Å². The predicted molar refractivity (Wildman–Crippen MR) is 87.0 cm³/mol. The fourth-order valence-corrected chi connectivity index (χ4v) is 3.74. The molecule has 0 bridgehead atoms. The van der Waals surface area contributed by atoms with Gasteiger partial charge in [-0.15, -0.1) is 0 Å². The van der Waals surface area contributed by atoms with Crippen LogP contribution in [0.2, 0.25) is 0 Å². The highest BCUT2D eigenvalue weighted by Gasteiger charge is 2.30. The maximum atomic E-state index is 10.3. The summed E-state index contributed by atoms with van der Waals surface area (Å²) < 4.78 is 0. The van der Waals surface area contributed by atoms with E-state index in [0.29, 0.717) is 11.8 Å². The summed E-state index contributed by atoms with van der Waals surface area (Å²) in [4.78, 5) is 5.03. The van der Waals surface area contributed by atoms with Gasteiger partial charge in [-0.1, -0.05) is 13.0 Å². The molecule has 116 valence electrons. The van der Waals surface area contributed by atoms with Gasteiger partial charge in [0.25, 0.3) is 0 Å². The second-order valence-corrected chi connectivity index (χ2v) is 6.30. The Hall–Kier alpha value is -1.26. The third-order valence-corrected chi connectivity index (χ3v) is 4.94. The smallest absolute Gasteiger partial charge is 0.122 e. The Balaban J connectivity index is 1.73. The SMILES string of the molecule is CCNC(C)c1ccc(N2CCN3CCCC3C2)cc1O. The van der Waals surface area contributed by atoms with Crippen molar-refractivity contribution in [2.24, 2.45) is 0 Å². The highest BCUT2D eigenvalue weighted by molar-refractivity contribution is 5.54. The predicted octanol–water partition coefficient (Wildman–Crippen LogP) is 2.35. The number of piperazine rings is 1.